The van der Waals surface area contributed by atoms with Crippen LogP contribution >= 0.6 is 0 Å². The maximum atomic E-state index is 12.3. The molecule has 10 nitrogen and oxygen atoms in total. The Bertz CT molecular complexity index is 1140. The lowest BCUT2D eigenvalue weighted by Crippen LogP contribution is -2.25. The lowest BCUT2D eigenvalue weighted by atomic mass is 10.1. The molecule has 1 aromatic carbocycles. The van der Waals surface area contributed by atoms with Crippen LogP contribution in [0.3, 0.4) is 0 Å². The molecule has 0 fully saturated rings. The van der Waals surface area contributed by atoms with Crippen LogP contribution in [0.5, 0.6) is 5.75 Å². The molecule has 0 atom stereocenters. The van der Waals surface area contributed by atoms with E-state index < -0.39 is 5.56 Å². The molecule has 3 N–H and O–H groups in total. The first-order valence-electron chi connectivity index (χ1n) is 8.07. The molecule has 1 aliphatic heterocycles. The summed E-state index contributed by atoms with van der Waals surface area (Å²) in [5.74, 6) is -0.0997. The average Bonchev–Trinajstić information content (AvgIpc) is 2.62. The minimum atomic E-state index is -0.486. The third-order valence-electron chi connectivity index (χ3n) is 3.84. The smallest absolute Gasteiger partial charge is 0.280 e. The number of ether oxygens (including phenoxy) is 1. The summed E-state index contributed by atoms with van der Waals surface area (Å²) in [6.45, 7) is 1.68. The van der Waals surface area contributed by atoms with Crippen LogP contribution in [0.2, 0.25) is 0 Å². The molecule has 1 aliphatic rings. The number of carbonyl (C=O) groups excluding carboxylic acids is 2. The zero-order valence-electron chi connectivity index (χ0n) is 14.2. The molecule has 4 rings (SSSR count). The van der Waals surface area contributed by atoms with E-state index in [9.17, 15) is 14.4 Å². The summed E-state index contributed by atoms with van der Waals surface area (Å²) in [5.41, 5.74) is 1.54. The van der Waals surface area contributed by atoms with Crippen molar-refractivity contribution in [2.45, 2.75) is 13.3 Å². The molecule has 3 aromatic rings. The number of H-pyrrole nitrogens is 1. The Labute approximate surface area is 152 Å². The van der Waals surface area contributed by atoms with E-state index in [1.807, 2.05) is 0 Å². The number of nitrogens with one attached hydrogen (secondary N) is 3. The lowest BCUT2D eigenvalue weighted by molar-refractivity contribution is -0.118. The standard InChI is InChI=1S/C17H14N6O4/c1-8-6-18-15-14(19-8)16(26)23-17(22-15)21-12(24)5-9-2-3-11-10(4-9)20-13(25)7-27-11/h2-4,6H,5,7H2,1H3,(H,20,25)(H2,18,21,22,23,24,26). The number of rotatable bonds is 3. The maximum Gasteiger partial charge on any atom is 0.280 e. The third kappa shape index (κ3) is 3.45. The Morgan fingerprint density at radius 3 is 3.00 bits per heavy atom. The van der Waals surface area contributed by atoms with E-state index >= 15 is 0 Å². The van der Waals surface area contributed by atoms with E-state index in [1.54, 1.807) is 25.1 Å². The maximum absolute atomic E-state index is 12.3. The molecule has 0 radical (unpaired) electrons. The van der Waals surface area contributed by atoms with Crippen LogP contribution in [0.1, 0.15) is 11.3 Å². The van der Waals surface area contributed by atoms with E-state index in [4.69, 9.17) is 4.74 Å². The van der Waals surface area contributed by atoms with Gasteiger partial charge in [0, 0.05) is 0 Å². The molecular formula is C17H14N6O4. The lowest BCUT2D eigenvalue weighted by Gasteiger charge is -2.18. The van der Waals surface area contributed by atoms with Crippen molar-refractivity contribution in [2.75, 3.05) is 17.2 Å². The first-order valence-corrected chi connectivity index (χ1v) is 8.07. The highest BCUT2D eigenvalue weighted by atomic mass is 16.5. The van der Waals surface area contributed by atoms with Gasteiger partial charge >= 0.3 is 0 Å². The fourth-order valence-corrected chi connectivity index (χ4v) is 2.67. The van der Waals surface area contributed by atoms with Crippen molar-refractivity contribution in [3.05, 3.63) is 46.0 Å². The summed E-state index contributed by atoms with van der Waals surface area (Å²) in [6.07, 6.45) is 1.51. The topological polar surface area (TPSA) is 139 Å². The second-order valence-corrected chi connectivity index (χ2v) is 5.99. The van der Waals surface area contributed by atoms with Crippen LogP contribution in [-0.4, -0.2) is 38.4 Å². The number of amides is 2. The molecule has 0 saturated carbocycles. The van der Waals surface area contributed by atoms with E-state index in [0.717, 1.165) is 0 Å². The van der Waals surface area contributed by atoms with Gasteiger partial charge in [0.2, 0.25) is 11.9 Å². The highest BCUT2D eigenvalue weighted by molar-refractivity contribution is 5.96. The first kappa shape index (κ1) is 16.6. The Morgan fingerprint density at radius 2 is 2.15 bits per heavy atom. The van der Waals surface area contributed by atoms with Crippen molar-refractivity contribution in [3.8, 4) is 5.75 Å². The summed E-state index contributed by atoms with van der Waals surface area (Å²) in [5, 5.41) is 5.22. The van der Waals surface area contributed by atoms with Gasteiger partial charge in [-0.1, -0.05) is 6.07 Å². The highest BCUT2D eigenvalue weighted by Gasteiger charge is 2.17. The van der Waals surface area contributed by atoms with Gasteiger partial charge in [-0.05, 0) is 24.6 Å². The monoisotopic (exact) mass is 366 g/mol. The molecule has 2 aromatic heterocycles. The van der Waals surface area contributed by atoms with E-state index in [0.29, 0.717) is 22.7 Å². The summed E-state index contributed by atoms with van der Waals surface area (Å²) in [7, 11) is 0. The second-order valence-electron chi connectivity index (χ2n) is 5.99. The van der Waals surface area contributed by atoms with Crippen molar-refractivity contribution in [1.29, 1.82) is 0 Å². The Hall–Kier alpha value is -3.82. The zero-order valence-corrected chi connectivity index (χ0v) is 14.2. The predicted octanol–water partition coefficient (Wildman–Crippen LogP) is 0.534. The van der Waals surface area contributed by atoms with Gasteiger partial charge in [-0.3, -0.25) is 24.7 Å². The van der Waals surface area contributed by atoms with Gasteiger partial charge in [-0.25, -0.2) is 9.97 Å². The minimum Gasteiger partial charge on any atom is -0.482 e. The fraction of sp³-hybridized carbons (Fsp3) is 0.176. The number of carbonyl (C=O) groups is 2. The molecule has 0 unspecified atom stereocenters. The molecule has 2 amide bonds. The number of aromatic nitrogens is 4. The van der Waals surface area contributed by atoms with Crippen LogP contribution in [0.25, 0.3) is 11.2 Å². The number of hydrogen-bond acceptors (Lipinski definition) is 7. The predicted molar refractivity (Wildman–Crippen MR) is 95.6 cm³/mol. The number of fused-ring (bicyclic) bond motifs is 2. The van der Waals surface area contributed by atoms with Crippen molar-refractivity contribution in [2.24, 2.45) is 0 Å². The molecule has 3 heterocycles. The molecular weight excluding hydrogens is 352 g/mol. The van der Waals surface area contributed by atoms with Gasteiger partial charge in [-0.2, -0.15) is 4.98 Å². The van der Waals surface area contributed by atoms with Crippen LogP contribution in [0, 0.1) is 6.92 Å². The quantitative estimate of drug-likeness (QED) is 0.614. The molecule has 0 saturated heterocycles. The van der Waals surface area contributed by atoms with Gasteiger partial charge in [0.25, 0.3) is 11.5 Å². The number of anilines is 2. The van der Waals surface area contributed by atoms with Crippen LogP contribution in [-0.2, 0) is 16.0 Å². The van der Waals surface area contributed by atoms with Crippen molar-refractivity contribution >= 4 is 34.6 Å². The molecule has 0 bridgehead atoms. The van der Waals surface area contributed by atoms with E-state index in [-0.39, 0.29) is 42.0 Å². The summed E-state index contributed by atoms with van der Waals surface area (Å²) < 4.78 is 5.28. The van der Waals surface area contributed by atoms with Crippen molar-refractivity contribution < 1.29 is 14.3 Å². The van der Waals surface area contributed by atoms with Crippen molar-refractivity contribution in [1.82, 2.24) is 19.9 Å². The van der Waals surface area contributed by atoms with Crippen LogP contribution in [0.4, 0.5) is 11.6 Å². The molecule has 0 spiro atoms. The second kappa shape index (κ2) is 6.48. The fourth-order valence-electron chi connectivity index (χ4n) is 2.67. The zero-order chi connectivity index (χ0) is 19.0. The Kier molecular flexibility index (Phi) is 3.99. The van der Waals surface area contributed by atoms with E-state index in [1.165, 1.54) is 6.20 Å². The number of benzene rings is 1. The normalized spacial score (nSPS) is 12.9. The van der Waals surface area contributed by atoms with Gasteiger partial charge < -0.3 is 10.1 Å². The molecule has 27 heavy (non-hydrogen) atoms. The third-order valence-corrected chi connectivity index (χ3v) is 3.84. The number of aromatic amines is 1. The van der Waals surface area contributed by atoms with E-state index in [2.05, 4.69) is 30.6 Å². The SMILES string of the molecule is Cc1cnc2nc(NC(=O)Cc3ccc4c(c3)NC(=O)CO4)[nH]c(=O)c2n1. The van der Waals surface area contributed by atoms with Gasteiger partial charge in [0.1, 0.15) is 5.75 Å². The van der Waals surface area contributed by atoms with Crippen LogP contribution in [0.15, 0.2) is 29.2 Å². The summed E-state index contributed by atoms with van der Waals surface area (Å²) >= 11 is 0. The minimum absolute atomic E-state index is 0.00903. The first-order chi connectivity index (χ1) is 13.0. The molecule has 0 aliphatic carbocycles. The van der Waals surface area contributed by atoms with Crippen LogP contribution < -0.4 is 20.9 Å². The molecule has 136 valence electrons. The Morgan fingerprint density at radius 1 is 1.30 bits per heavy atom. The summed E-state index contributed by atoms with van der Waals surface area (Å²) in [6, 6.07) is 5.07. The number of aryl methyl sites for hydroxylation is 1. The van der Waals surface area contributed by atoms with Crippen molar-refractivity contribution in [3.63, 3.8) is 0 Å². The number of nitrogens with zero attached hydrogens (tertiary/aromatic N) is 3. The molecule has 10 heteroatoms. The summed E-state index contributed by atoms with van der Waals surface area (Å²) in [4.78, 5) is 50.5. The number of hydrogen-bond donors (Lipinski definition) is 3. The van der Waals surface area contributed by atoms with Gasteiger partial charge in [0.15, 0.2) is 17.8 Å². The average molecular weight is 366 g/mol. The highest BCUT2D eigenvalue weighted by Crippen LogP contribution is 2.28. The largest absolute Gasteiger partial charge is 0.482 e. The van der Waals surface area contributed by atoms with Gasteiger partial charge in [0.05, 0.1) is 24.0 Å². The Balaban J connectivity index is 1.52. The van der Waals surface area contributed by atoms with Gasteiger partial charge in [-0.15, -0.1) is 0 Å².